The van der Waals surface area contributed by atoms with Gasteiger partial charge in [-0.1, -0.05) is 23.7 Å². The first-order valence-electron chi connectivity index (χ1n) is 5.02. The van der Waals surface area contributed by atoms with Gasteiger partial charge in [0.25, 0.3) is 0 Å². The van der Waals surface area contributed by atoms with Crippen LogP contribution >= 0.6 is 11.6 Å². The molecule has 0 spiro atoms. The summed E-state index contributed by atoms with van der Waals surface area (Å²) in [5.74, 6) is 0. The Labute approximate surface area is 92.8 Å². The number of aromatic nitrogens is 2. The molecule has 3 nitrogen and oxygen atoms in total. The monoisotopic (exact) mass is 221 g/mol. The lowest BCUT2D eigenvalue weighted by Crippen LogP contribution is -2.18. The molecular weight excluding hydrogens is 210 g/mol. The smallest absolute Gasteiger partial charge is 0.134 e. The summed E-state index contributed by atoms with van der Waals surface area (Å²) in [6, 6.07) is 6.02. The van der Waals surface area contributed by atoms with E-state index in [2.05, 4.69) is 11.2 Å². The molecule has 1 heterocycles. The average molecular weight is 222 g/mol. The molecule has 15 heavy (non-hydrogen) atoms. The van der Waals surface area contributed by atoms with E-state index in [1.807, 2.05) is 19.2 Å². The van der Waals surface area contributed by atoms with E-state index in [-0.39, 0.29) is 5.54 Å². The molecule has 0 atom stereocenters. The Morgan fingerprint density at radius 2 is 2.20 bits per heavy atom. The molecule has 0 unspecified atom stereocenters. The fourth-order valence-corrected chi connectivity index (χ4v) is 2.26. The number of benzene rings is 1. The minimum atomic E-state index is -0.161. The highest BCUT2D eigenvalue weighted by molar-refractivity contribution is 6.34. The second-order valence-corrected chi connectivity index (χ2v) is 4.63. The Balaban J connectivity index is 2.38. The van der Waals surface area contributed by atoms with Crippen molar-refractivity contribution in [3.63, 3.8) is 0 Å². The molecule has 1 aliphatic rings. The Hall–Kier alpha value is -1.06. The summed E-state index contributed by atoms with van der Waals surface area (Å²) < 4.78 is 1.70. The second kappa shape index (κ2) is 2.74. The van der Waals surface area contributed by atoms with Crippen LogP contribution in [0.2, 0.25) is 5.15 Å². The van der Waals surface area contributed by atoms with Gasteiger partial charge < -0.3 is 5.73 Å². The van der Waals surface area contributed by atoms with Crippen molar-refractivity contribution in [2.45, 2.75) is 18.4 Å². The first-order valence-corrected chi connectivity index (χ1v) is 5.40. The number of hydrogen-bond donors (Lipinski definition) is 1. The highest BCUT2D eigenvalue weighted by atomic mass is 35.5. The summed E-state index contributed by atoms with van der Waals surface area (Å²) in [6.45, 7) is 0. The van der Waals surface area contributed by atoms with Gasteiger partial charge in [-0.05, 0) is 24.5 Å². The summed E-state index contributed by atoms with van der Waals surface area (Å²) in [4.78, 5) is 0. The van der Waals surface area contributed by atoms with Crippen molar-refractivity contribution in [2.75, 3.05) is 0 Å². The maximum absolute atomic E-state index is 6.23. The van der Waals surface area contributed by atoms with Crippen LogP contribution in [0.4, 0.5) is 0 Å². The number of nitrogens with zero attached hydrogens (tertiary/aromatic N) is 2. The predicted octanol–water partition coefficient (Wildman–Crippen LogP) is 2.17. The molecule has 4 heteroatoms. The molecule has 1 aromatic carbocycles. The van der Waals surface area contributed by atoms with Crippen molar-refractivity contribution in [1.82, 2.24) is 9.78 Å². The molecule has 1 fully saturated rings. The van der Waals surface area contributed by atoms with Gasteiger partial charge in [0.1, 0.15) is 5.15 Å². The molecule has 0 radical (unpaired) electrons. The van der Waals surface area contributed by atoms with Crippen LogP contribution in [0.3, 0.4) is 0 Å². The van der Waals surface area contributed by atoms with Gasteiger partial charge in [-0.2, -0.15) is 5.10 Å². The third-order valence-corrected chi connectivity index (χ3v) is 3.55. The molecular formula is C11H12ClN3. The largest absolute Gasteiger partial charge is 0.321 e. The first kappa shape index (κ1) is 9.19. The van der Waals surface area contributed by atoms with Gasteiger partial charge in [0.2, 0.25) is 0 Å². The fourth-order valence-electron chi connectivity index (χ4n) is 2.03. The van der Waals surface area contributed by atoms with E-state index in [1.54, 1.807) is 4.68 Å². The van der Waals surface area contributed by atoms with Crippen LogP contribution in [-0.4, -0.2) is 9.78 Å². The van der Waals surface area contributed by atoms with Crippen molar-refractivity contribution in [3.05, 3.63) is 28.9 Å². The fraction of sp³-hybridized carbons (Fsp3) is 0.364. The predicted molar refractivity (Wildman–Crippen MR) is 60.8 cm³/mol. The zero-order valence-electron chi connectivity index (χ0n) is 8.50. The van der Waals surface area contributed by atoms with Gasteiger partial charge in [0.05, 0.1) is 5.52 Å². The van der Waals surface area contributed by atoms with Crippen molar-refractivity contribution in [1.29, 1.82) is 0 Å². The lowest BCUT2D eigenvalue weighted by molar-refractivity contribution is 0.747. The number of halogens is 1. The van der Waals surface area contributed by atoms with Gasteiger partial charge in [-0.15, -0.1) is 0 Å². The zero-order chi connectivity index (χ0) is 10.6. The molecule has 2 N–H and O–H groups in total. The highest BCUT2D eigenvalue weighted by Gasteiger charge is 2.41. The topological polar surface area (TPSA) is 43.8 Å². The van der Waals surface area contributed by atoms with Crippen LogP contribution in [0.15, 0.2) is 18.2 Å². The van der Waals surface area contributed by atoms with Gasteiger partial charge in [0, 0.05) is 18.0 Å². The molecule has 2 aromatic rings. The van der Waals surface area contributed by atoms with Crippen LogP contribution in [0.5, 0.6) is 0 Å². The van der Waals surface area contributed by atoms with Crippen LogP contribution in [0.1, 0.15) is 18.4 Å². The average Bonchev–Trinajstić information content (AvgIpc) is 2.89. The van der Waals surface area contributed by atoms with E-state index < -0.39 is 0 Å². The standard InChI is InChI=1S/C11H12ClN3/c1-15-10(12)9-7(11(13)5-6-11)3-2-4-8(9)14-15/h2-4H,5-6,13H2,1H3. The van der Waals surface area contributed by atoms with E-state index >= 15 is 0 Å². The lowest BCUT2D eigenvalue weighted by Gasteiger charge is -2.10. The third-order valence-electron chi connectivity index (χ3n) is 3.12. The lowest BCUT2D eigenvalue weighted by atomic mass is 10.0. The van der Waals surface area contributed by atoms with E-state index in [4.69, 9.17) is 17.3 Å². The number of rotatable bonds is 1. The van der Waals surface area contributed by atoms with Crippen LogP contribution < -0.4 is 5.73 Å². The van der Waals surface area contributed by atoms with Crippen LogP contribution in [0, 0.1) is 0 Å². The molecule has 78 valence electrons. The number of hydrogen-bond acceptors (Lipinski definition) is 2. The Bertz CT molecular complexity index is 540. The van der Waals surface area contributed by atoms with E-state index in [0.717, 1.165) is 29.3 Å². The Kier molecular flexibility index (Phi) is 1.68. The van der Waals surface area contributed by atoms with E-state index in [9.17, 15) is 0 Å². The number of aryl methyl sites for hydroxylation is 1. The quantitative estimate of drug-likeness (QED) is 0.802. The summed E-state index contributed by atoms with van der Waals surface area (Å²) in [6.07, 6.45) is 2.08. The van der Waals surface area contributed by atoms with E-state index in [1.165, 1.54) is 0 Å². The molecule has 0 bridgehead atoms. The van der Waals surface area contributed by atoms with Gasteiger partial charge in [-0.3, -0.25) is 4.68 Å². The SMILES string of the molecule is Cn1nc2cccc(C3(N)CC3)c2c1Cl. The molecule has 0 amide bonds. The van der Waals surface area contributed by atoms with E-state index in [0.29, 0.717) is 5.15 Å². The van der Waals surface area contributed by atoms with Gasteiger partial charge in [0.15, 0.2) is 0 Å². The Morgan fingerprint density at radius 3 is 2.87 bits per heavy atom. The van der Waals surface area contributed by atoms with Crippen LogP contribution in [-0.2, 0) is 12.6 Å². The van der Waals surface area contributed by atoms with Crippen LogP contribution in [0.25, 0.3) is 10.9 Å². The van der Waals surface area contributed by atoms with Gasteiger partial charge in [-0.25, -0.2) is 0 Å². The summed E-state index contributed by atoms with van der Waals surface area (Å²) >= 11 is 6.23. The summed E-state index contributed by atoms with van der Waals surface area (Å²) in [5, 5.41) is 6.04. The normalized spacial score (nSPS) is 18.3. The first-order chi connectivity index (χ1) is 7.12. The minimum absolute atomic E-state index is 0.161. The van der Waals surface area contributed by atoms with Crippen molar-refractivity contribution >= 4 is 22.5 Å². The molecule has 0 saturated heterocycles. The maximum atomic E-state index is 6.23. The molecule has 0 aliphatic heterocycles. The number of fused-ring (bicyclic) bond motifs is 1. The molecule has 1 aliphatic carbocycles. The molecule has 1 saturated carbocycles. The minimum Gasteiger partial charge on any atom is -0.321 e. The van der Waals surface area contributed by atoms with Crippen molar-refractivity contribution in [2.24, 2.45) is 12.8 Å². The van der Waals surface area contributed by atoms with Gasteiger partial charge >= 0.3 is 0 Å². The molecule has 1 aromatic heterocycles. The van der Waals surface area contributed by atoms with Crippen molar-refractivity contribution in [3.8, 4) is 0 Å². The maximum Gasteiger partial charge on any atom is 0.134 e. The summed E-state index contributed by atoms with van der Waals surface area (Å²) in [5.41, 5.74) is 8.12. The van der Waals surface area contributed by atoms with Crippen molar-refractivity contribution < 1.29 is 0 Å². The second-order valence-electron chi connectivity index (χ2n) is 4.27. The highest BCUT2D eigenvalue weighted by Crippen LogP contribution is 2.46. The zero-order valence-corrected chi connectivity index (χ0v) is 9.25. The molecule has 3 rings (SSSR count). The Morgan fingerprint density at radius 1 is 1.47 bits per heavy atom. The third kappa shape index (κ3) is 1.20. The summed E-state index contributed by atoms with van der Waals surface area (Å²) in [7, 11) is 1.85. The number of nitrogens with two attached hydrogens (primary N) is 1.